The van der Waals surface area contributed by atoms with E-state index in [0.717, 1.165) is 27.5 Å². The summed E-state index contributed by atoms with van der Waals surface area (Å²) in [5, 5.41) is 8.39. The van der Waals surface area contributed by atoms with Crippen molar-refractivity contribution in [1.29, 1.82) is 0 Å². The van der Waals surface area contributed by atoms with E-state index in [2.05, 4.69) is 32.6 Å². The predicted octanol–water partition coefficient (Wildman–Crippen LogP) is 2.92. The molecule has 110 valence electrons. The second-order valence-corrected chi connectivity index (χ2v) is 6.17. The Balaban J connectivity index is 1.73. The molecule has 2 aromatic carbocycles. The number of hydrogen-bond donors (Lipinski definition) is 2. The van der Waals surface area contributed by atoms with Crippen LogP contribution in [0.2, 0.25) is 0 Å². The van der Waals surface area contributed by atoms with Crippen molar-refractivity contribution < 1.29 is 9.53 Å². The van der Waals surface area contributed by atoms with Crippen LogP contribution in [0.25, 0.3) is 10.8 Å². The average Bonchev–Trinajstić information content (AvgIpc) is 2.96. The van der Waals surface area contributed by atoms with Crippen LogP contribution in [-0.4, -0.2) is 31.7 Å². The molecule has 3 rings (SSSR count). The summed E-state index contributed by atoms with van der Waals surface area (Å²) in [6.45, 7) is 0.723. The summed E-state index contributed by atoms with van der Waals surface area (Å²) in [5.74, 6) is -0.00832. The van der Waals surface area contributed by atoms with E-state index >= 15 is 0 Å². The summed E-state index contributed by atoms with van der Waals surface area (Å²) in [5.41, 5.74) is 0.817. The van der Waals surface area contributed by atoms with Gasteiger partial charge in [0.2, 0.25) is 5.91 Å². The van der Waals surface area contributed by atoms with Gasteiger partial charge < -0.3 is 15.4 Å². The van der Waals surface area contributed by atoms with E-state index in [4.69, 9.17) is 4.74 Å². The molecule has 0 saturated carbocycles. The van der Waals surface area contributed by atoms with Crippen LogP contribution >= 0.6 is 15.9 Å². The summed E-state index contributed by atoms with van der Waals surface area (Å²) in [6.07, 6.45) is 0.831. The average molecular weight is 349 g/mol. The van der Waals surface area contributed by atoms with E-state index in [0.29, 0.717) is 6.42 Å². The van der Waals surface area contributed by atoms with Crippen molar-refractivity contribution >= 4 is 38.3 Å². The first kappa shape index (κ1) is 14.5. The predicted molar refractivity (Wildman–Crippen MR) is 87.5 cm³/mol. The second kappa shape index (κ2) is 6.13. The van der Waals surface area contributed by atoms with E-state index in [-0.39, 0.29) is 18.1 Å². The third kappa shape index (κ3) is 3.26. The molecule has 0 aromatic heterocycles. The molecule has 2 N–H and O–H groups in total. The van der Waals surface area contributed by atoms with Gasteiger partial charge in [-0.25, -0.2) is 0 Å². The van der Waals surface area contributed by atoms with Crippen molar-refractivity contribution in [3.8, 4) is 0 Å². The van der Waals surface area contributed by atoms with Gasteiger partial charge in [0.15, 0.2) is 0 Å². The Morgan fingerprint density at radius 2 is 2.05 bits per heavy atom. The SMILES string of the molecule is COC1CNC(C(=O)Nc2ccc3cc(Br)ccc3c2)C1. The van der Waals surface area contributed by atoms with Gasteiger partial charge >= 0.3 is 0 Å². The Bertz CT molecular complexity index is 674. The molecule has 2 atom stereocenters. The number of nitrogens with one attached hydrogen (secondary N) is 2. The first-order valence-electron chi connectivity index (χ1n) is 6.92. The molecule has 2 aromatic rings. The second-order valence-electron chi connectivity index (χ2n) is 5.25. The van der Waals surface area contributed by atoms with E-state index in [1.54, 1.807) is 7.11 Å². The fraction of sp³-hybridized carbons (Fsp3) is 0.312. The van der Waals surface area contributed by atoms with Gasteiger partial charge in [-0.05, 0) is 41.5 Å². The summed E-state index contributed by atoms with van der Waals surface area (Å²) < 4.78 is 6.31. The van der Waals surface area contributed by atoms with Crippen molar-refractivity contribution in [3.05, 3.63) is 40.9 Å². The van der Waals surface area contributed by atoms with Crippen LogP contribution < -0.4 is 10.6 Å². The summed E-state index contributed by atoms with van der Waals surface area (Å²) >= 11 is 3.46. The van der Waals surface area contributed by atoms with Gasteiger partial charge in [-0.1, -0.05) is 28.1 Å². The van der Waals surface area contributed by atoms with Gasteiger partial charge in [0.1, 0.15) is 0 Å². The van der Waals surface area contributed by atoms with E-state index in [9.17, 15) is 4.79 Å². The first-order valence-corrected chi connectivity index (χ1v) is 7.71. The minimum Gasteiger partial charge on any atom is -0.380 e. The van der Waals surface area contributed by atoms with Gasteiger partial charge in [-0.15, -0.1) is 0 Å². The minimum atomic E-state index is -0.185. The maximum absolute atomic E-state index is 12.2. The number of rotatable bonds is 3. The van der Waals surface area contributed by atoms with Gasteiger partial charge in [0.05, 0.1) is 12.1 Å². The topological polar surface area (TPSA) is 50.4 Å². The molecule has 1 saturated heterocycles. The smallest absolute Gasteiger partial charge is 0.241 e. The zero-order chi connectivity index (χ0) is 14.8. The molecule has 21 heavy (non-hydrogen) atoms. The first-order chi connectivity index (χ1) is 10.2. The van der Waals surface area contributed by atoms with Gasteiger partial charge in [-0.3, -0.25) is 4.79 Å². The highest BCUT2D eigenvalue weighted by molar-refractivity contribution is 9.10. The molecular formula is C16H17BrN2O2. The van der Waals surface area contributed by atoms with Crippen LogP contribution in [0.4, 0.5) is 5.69 Å². The maximum atomic E-state index is 12.2. The Hall–Kier alpha value is -1.43. The van der Waals surface area contributed by atoms with Crippen molar-refractivity contribution in [1.82, 2.24) is 5.32 Å². The van der Waals surface area contributed by atoms with Crippen LogP contribution in [0.15, 0.2) is 40.9 Å². The molecule has 2 unspecified atom stereocenters. The van der Waals surface area contributed by atoms with E-state index in [1.165, 1.54) is 0 Å². The summed E-state index contributed by atoms with van der Waals surface area (Å²) in [7, 11) is 1.67. The lowest BCUT2D eigenvalue weighted by atomic mass is 10.1. The zero-order valence-corrected chi connectivity index (χ0v) is 13.3. The number of ether oxygens (including phenoxy) is 1. The van der Waals surface area contributed by atoms with Gasteiger partial charge in [0, 0.05) is 23.8 Å². The fourth-order valence-corrected chi connectivity index (χ4v) is 2.99. The molecular weight excluding hydrogens is 332 g/mol. The minimum absolute atomic E-state index is 0.00832. The lowest BCUT2D eigenvalue weighted by Gasteiger charge is -2.12. The summed E-state index contributed by atoms with van der Waals surface area (Å²) in [6, 6.07) is 11.8. The Morgan fingerprint density at radius 3 is 2.81 bits per heavy atom. The third-order valence-electron chi connectivity index (χ3n) is 3.81. The number of amides is 1. The van der Waals surface area contributed by atoms with Crippen molar-refractivity contribution in [3.63, 3.8) is 0 Å². The van der Waals surface area contributed by atoms with Crippen LogP contribution in [0, 0.1) is 0 Å². The Labute approximate surface area is 132 Å². The standard InChI is InChI=1S/C16H17BrN2O2/c1-21-14-8-15(18-9-14)16(20)19-13-5-3-10-6-12(17)4-2-11(10)7-13/h2-7,14-15,18H,8-9H2,1H3,(H,19,20). The zero-order valence-electron chi connectivity index (χ0n) is 11.7. The van der Waals surface area contributed by atoms with Crippen LogP contribution in [-0.2, 0) is 9.53 Å². The highest BCUT2D eigenvalue weighted by atomic mass is 79.9. The van der Waals surface area contributed by atoms with Gasteiger partial charge in [-0.2, -0.15) is 0 Å². The fourth-order valence-electron chi connectivity index (χ4n) is 2.61. The molecule has 1 heterocycles. The largest absolute Gasteiger partial charge is 0.380 e. The molecule has 0 radical (unpaired) electrons. The highest BCUT2D eigenvalue weighted by Crippen LogP contribution is 2.23. The number of hydrogen-bond acceptors (Lipinski definition) is 3. The molecule has 1 aliphatic rings. The normalized spacial score (nSPS) is 21.6. The molecule has 1 amide bonds. The number of methoxy groups -OCH3 is 1. The highest BCUT2D eigenvalue weighted by Gasteiger charge is 2.29. The Morgan fingerprint density at radius 1 is 1.29 bits per heavy atom. The number of anilines is 1. The molecule has 0 aliphatic carbocycles. The molecule has 0 spiro atoms. The monoisotopic (exact) mass is 348 g/mol. The number of benzene rings is 2. The van der Waals surface area contributed by atoms with Crippen molar-refractivity contribution in [2.75, 3.05) is 19.0 Å². The molecule has 1 aliphatic heterocycles. The Kier molecular flexibility index (Phi) is 4.24. The third-order valence-corrected chi connectivity index (χ3v) is 4.30. The number of carbonyl (C=O) groups is 1. The van der Waals surface area contributed by atoms with E-state index in [1.807, 2.05) is 30.3 Å². The molecule has 1 fully saturated rings. The number of carbonyl (C=O) groups excluding carboxylic acids is 1. The lowest BCUT2D eigenvalue weighted by molar-refractivity contribution is -0.118. The number of halogens is 1. The van der Waals surface area contributed by atoms with Gasteiger partial charge in [0.25, 0.3) is 0 Å². The van der Waals surface area contributed by atoms with Crippen LogP contribution in [0.3, 0.4) is 0 Å². The molecule has 0 bridgehead atoms. The van der Waals surface area contributed by atoms with Crippen LogP contribution in [0.1, 0.15) is 6.42 Å². The number of fused-ring (bicyclic) bond motifs is 1. The van der Waals surface area contributed by atoms with Crippen LogP contribution in [0.5, 0.6) is 0 Å². The quantitative estimate of drug-likeness (QED) is 0.896. The summed E-state index contributed by atoms with van der Waals surface area (Å²) in [4.78, 5) is 12.2. The maximum Gasteiger partial charge on any atom is 0.241 e. The molecule has 4 nitrogen and oxygen atoms in total. The van der Waals surface area contributed by atoms with Crippen molar-refractivity contribution in [2.45, 2.75) is 18.6 Å². The molecule has 5 heteroatoms. The van der Waals surface area contributed by atoms with Crippen molar-refractivity contribution in [2.24, 2.45) is 0 Å². The van der Waals surface area contributed by atoms with E-state index < -0.39 is 0 Å². The lowest BCUT2D eigenvalue weighted by Crippen LogP contribution is -2.35.